The number of fused-ring (bicyclic) bond motifs is 6. The van der Waals surface area contributed by atoms with Crippen molar-refractivity contribution in [1.82, 2.24) is 0 Å². The lowest BCUT2D eigenvalue weighted by Gasteiger charge is -2.37. The van der Waals surface area contributed by atoms with Crippen molar-refractivity contribution in [3.63, 3.8) is 0 Å². The van der Waals surface area contributed by atoms with Gasteiger partial charge in [-0.05, 0) is 38.6 Å². The van der Waals surface area contributed by atoms with Gasteiger partial charge in [-0.2, -0.15) is 0 Å². The lowest BCUT2D eigenvalue weighted by molar-refractivity contribution is 0.634. The van der Waals surface area contributed by atoms with Gasteiger partial charge in [-0.3, -0.25) is 0 Å². The highest BCUT2D eigenvalue weighted by Crippen LogP contribution is 2.61. The van der Waals surface area contributed by atoms with Crippen LogP contribution in [0.15, 0.2) is 61.2 Å². The van der Waals surface area contributed by atoms with Crippen molar-refractivity contribution in [3.8, 4) is 0 Å². The van der Waals surface area contributed by atoms with Gasteiger partial charge in [0.25, 0.3) is 0 Å². The van der Waals surface area contributed by atoms with Crippen LogP contribution in [0.5, 0.6) is 0 Å². The molecule has 0 fully saturated rings. The van der Waals surface area contributed by atoms with Crippen LogP contribution in [0.2, 0.25) is 0 Å². The maximum atomic E-state index is 3.98. The highest BCUT2D eigenvalue weighted by Gasteiger charge is 2.46. The zero-order valence-electron chi connectivity index (χ0n) is 11.1. The van der Waals surface area contributed by atoms with Crippen LogP contribution in [0.1, 0.15) is 39.7 Å². The molecule has 5 rings (SSSR count). The fourth-order valence-electron chi connectivity index (χ4n) is 4.26. The summed E-state index contributed by atoms with van der Waals surface area (Å²) >= 11 is 0. The molecule has 94 valence electrons. The van der Waals surface area contributed by atoms with Gasteiger partial charge in [0, 0.05) is 11.8 Å². The largest absolute Gasteiger partial charge is 0.0985 e. The van der Waals surface area contributed by atoms with E-state index in [1.807, 2.05) is 6.08 Å². The number of rotatable bonds is 1. The quantitative estimate of drug-likeness (QED) is 0.568. The Kier molecular flexibility index (Phi) is 1.78. The second kappa shape index (κ2) is 3.40. The van der Waals surface area contributed by atoms with E-state index in [9.17, 15) is 0 Å². The predicted molar refractivity (Wildman–Crippen MR) is 84.2 cm³/mol. The maximum Gasteiger partial charge on any atom is 0.0214 e. The average molecular weight is 254 g/mol. The maximum absolute atomic E-state index is 3.98. The van der Waals surface area contributed by atoms with E-state index in [1.54, 1.807) is 0 Å². The molecule has 3 aromatic rings. The Balaban J connectivity index is 1.90. The molecule has 2 aliphatic carbocycles. The molecule has 0 nitrogen and oxygen atoms in total. The molecule has 0 aliphatic heterocycles. The first-order valence-electron chi connectivity index (χ1n) is 7.17. The number of hydrogen-bond acceptors (Lipinski definition) is 0. The summed E-state index contributed by atoms with van der Waals surface area (Å²) in [4.78, 5) is 0. The Labute approximate surface area is 118 Å². The molecule has 0 radical (unpaired) electrons. The summed E-state index contributed by atoms with van der Waals surface area (Å²) in [6.07, 6.45) is 2.00. The minimum Gasteiger partial charge on any atom is -0.0985 e. The zero-order valence-corrected chi connectivity index (χ0v) is 11.1. The molecule has 0 saturated heterocycles. The van der Waals surface area contributed by atoms with Gasteiger partial charge in [-0.15, -0.1) is 0 Å². The second-order valence-corrected chi connectivity index (χ2v) is 5.80. The van der Waals surface area contributed by atoms with Crippen LogP contribution in [0.25, 0.3) is 16.8 Å². The zero-order chi connectivity index (χ0) is 13.3. The predicted octanol–water partition coefficient (Wildman–Crippen LogP) is 5.07. The number of hydrogen-bond donors (Lipinski definition) is 0. The van der Waals surface area contributed by atoms with Crippen molar-refractivity contribution >= 4 is 16.8 Å². The summed E-state index contributed by atoms with van der Waals surface area (Å²) in [5.74, 6) is 1.10. The molecule has 2 unspecified atom stereocenters. The summed E-state index contributed by atoms with van der Waals surface area (Å²) in [7, 11) is 0. The lowest BCUT2D eigenvalue weighted by Crippen LogP contribution is -2.23. The number of benzene rings is 3. The normalized spacial score (nSPS) is 21.2. The topological polar surface area (TPSA) is 0 Å². The van der Waals surface area contributed by atoms with Crippen molar-refractivity contribution in [2.45, 2.75) is 11.8 Å². The van der Waals surface area contributed by atoms with E-state index < -0.39 is 0 Å². The molecule has 20 heavy (non-hydrogen) atoms. The van der Waals surface area contributed by atoms with Crippen molar-refractivity contribution in [2.24, 2.45) is 0 Å². The lowest BCUT2D eigenvalue weighted by atomic mass is 9.65. The van der Waals surface area contributed by atoms with Crippen molar-refractivity contribution < 1.29 is 0 Å². The molecule has 0 spiro atoms. The Morgan fingerprint density at radius 2 is 1.40 bits per heavy atom. The smallest absolute Gasteiger partial charge is 0.0214 e. The van der Waals surface area contributed by atoms with E-state index in [0.717, 1.165) is 0 Å². The molecule has 0 saturated carbocycles. The van der Waals surface area contributed by atoms with Crippen molar-refractivity contribution in [3.05, 3.63) is 89.0 Å². The molecule has 2 aliphatic rings. The molecular formula is C20H14. The fraction of sp³-hybridized carbons (Fsp3) is 0.100. The molecule has 2 atom stereocenters. The third-order valence-corrected chi connectivity index (χ3v) is 5.01. The molecule has 0 N–H and O–H groups in total. The first-order chi connectivity index (χ1) is 9.90. The molecule has 0 heterocycles. The van der Waals surface area contributed by atoms with Crippen LogP contribution in [-0.2, 0) is 0 Å². The highest BCUT2D eigenvalue weighted by molar-refractivity contribution is 5.95. The van der Waals surface area contributed by atoms with Gasteiger partial charge in [0.2, 0.25) is 0 Å². The Hall–Kier alpha value is -2.34. The van der Waals surface area contributed by atoms with Crippen LogP contribution in [0.3, 0.4) is 0 Å². The summed E-state index contributed by atoms with van der Waals surface area (Å²) in [5, 5.41) is 2.86. The van der Waals surface area contributed by atoms with Crippen LogP contribution in [0.4, 0.5) is 0 Å². The van der Waals surface area contributed by atoms with E-state index in [4.69, 9.17) is 0 Å². The summed E-state index contributed by atoms with van der Waals surface area (Å²) in [5.41, 5.74) is 7.31. The third kappa shape index (κ3) is 1.01. The third-order valence-electron chi connectivity index (χ3n) is 5.01. The van der Waals surface area contributed by atoms with Crippen LogP contribution < -0.4 is 0 Å². The van der Waals surface area contributed by atoms with Crippen LogP contribution in [-0.4, -0.2) is 0 Å². The van der Waals surface area contributed by atoms with Crippen LogP contribution >= 0.6 is 0 Å². The Morgan fingerprint density at radius 1 is 0.750 bits per heavy atom. The second-order valence-electron chi connectivity index (χ2n) is 5.80. The van der Waals surface area contributed by atoms with Gasteiger partial charge >= 0.3 is 0 Å². The molecule has 0 amide bonds. The monoisotopic (exact) mass is 254 g/mol. The van der Waals surface area contributed by atoms with E-state index in [0.29, 0.717) is 11.8 Å². The van der Waals surface area contributed by atoms with E-state index in [2.05, 4.69) is 61.2 Å². The van der Waals surface area contributed by atoms with Crippen LogP contribution in [0, 0.1) is 0 Å². The first kappa shape index (κ1) is 10.4. The molecule has 0 aromatic heterocycles. The minimum absolute atomic E-state index is 0.542. The highest BCUT2D eigenvalue weighted by atomic mass is 14.5. The molecule has 3 aromatic carbocycles. The van der Waals surface area contributed by atoms with Crippen molar-refractivity contribution in [1.29, 1.82) is 0 Å². The van der Waals surface area contributed by atoms with E-state index in [-0.39, 0.29) is 0 Å². The Bertz CT molecular complexity index is 880. The SMILES string of the molecule is C=Cc1cccc2c1C1c3cccc4cccc(c34)C21. The summed E-state index contributed by atoms with van der Waals surface area (Å²) in [6, 6.07) is 20.1. The van der Waals surface area contributed by atoms with Gasteiger partial charge in [0.15, 0.2) is 0 Å². The standard InChI is InChI=1S/C20H14/c1-2-12-6-3-11-16-18(12)20-15-10-5-8-13-7-4-9-14(17(13)15)19(16)20/h2-11,19-20H,1H2. The summed E-state index contributed by atoms with van der Waals surface area (Å²) < 4.78 is 0. The molecule has 0 heteroatoms. The Morgan fingerprint density at radius 3 is 2.15 bits per heavy atom. The fourth-order valence-corrected chi connectivity index (χ4v) is 4.26. The van der Waals surface area contributed by atoms with Gasteiger partial charge in [-0.1, -0.05) is 67.3 Å². The molecular weight excluding hydrogens is 240 g/mol. The average Bonchev–Trinajstić information content (AvgIpc) is 2.76. The summed E-state index contributed by atoms with van der Waals surface area (Å²) in [6.45, 7) is 3.98. The van der Waals surface area contributed by atoms with Gasteiger partial charge in [0.1, 0.15) is 0 Å². The minimum atomic E-state index is 0.542. The van der Waals surface area contributed by atoms with E-state index >= 15 is 0 Å². The van der Waals surface area contributed by atoms with E-state index in [1.165, 1.54) is 38.6 Å². The first-order valence-corrected chi connectivity index (χ1v) is 7.17. The van der Waals surface area contributed by atoms with Gasteiger partial charge < -0.3 is 0 Å². The van der Waals surface area contributed by atoms with Gasteiger partial charge in [0.05, 0.1) is 0 Å². The molecule has 0 bridgehead atoms. The van der Waals surface area contributed by atoms with Crippen molar-refractivity contribution in [2.75, 3.05) is 0 Å². The van der Waals surface area contributed by atoms with Gasteiger partial charge in [-0.25, -0.2) is 0 Å².